The number of carbonyl (C=O) groups is 1. The van der Waals surface area contributed by atoms with Crippen molar-refractivity contribution in [1.82, 2.24) is 0 Å². The maximum absolute atomic E-state index is 11.6. The Hall–Kier alpha value is -1.63. The lowest BCUT2D eigenvalue weighted by atomic mass is 9.99. The molecule has 1 heterocycles. The third-order valence-electron chi connectivity index (χ3n) is 2.99. The molecule has 0 saturated carbocycles. The number of carbonyl (C=O) groups excluding carboxylic acids is 1. The summed E-state index contributed by atoms with van der Waals surface area (Å²) in [6.07, 6.45) is 0.302. The number of hydroxylamine groups is 1. The Morgan fingerprint density at radius 1 is 1.58 bits per heavy atom. The molecule has 1 aliphatic heterocycles. The Bertz CT molecular complexity index is 478. The van der Waals surface area contributed by atoms with Crippen molar-refractivity contribution < 1.29 is 19.5 Å². The lowest BCUT2D eigenvalue weighted by Crippen LogP contribution is -2.47. The number of nitrogens with zero attached hydrogens (tertiary/aromatic N) is 1. The minimum Gasteiger partial charge on any atom is -0.488 e. The molecule has 1 amide bonds. The predicted molar refractivity (Wildman–Crippen MR) is 69.4 cm³/mol. The molecular formula is C13H18N2O4. The highest BCUT2D eigenvalue weighted by Crippen LogP contribution is 2.30. The summed E-state index contributed by atoms with van der Waals surface area (Å²) in [6.45, 7) is 2.34. The number of hydrogen-bond acceptors (Lipinski definition) is 5. The average Bonchev–Trinajstić information content (AvgIpc) is 2.37. The SMILES string of the molecule is COC[C@H](C)Oc1ccc2c(c1)N(O)C(=O)[C@H](N)C2. The van der Waals surface area contributed by atoms with E-state index in [1.807, 2.05) is 6.92 Å². The minimum atomic E-state index is -0.698. The van der Waals surface area contributed by atoms with Gasteiger partial charge in [-0.1, -0.05) is 6.07 Å². The van der Waals surface area contributed by atoms with Gasteiger partial charge in [-0.25, -0.2) is 0 Å². The molecule has 2 rings (SSSR count). The number of benzene rings is 1. The van der Waals surface area contributed by atoms with Gasteiger partial charge in [-0.05, 0) is 25.0 Å². The van der Waals surface area contributed by atoms with Crippen LogP contribution in [-0.2, 0) is 16.0 Å². The van der Waals surface area contributed by atoms with Crippen LogP contribution in [0, 0.1) is 0 Å². The van der Waals surface area contributed by atoms with Gasteiger partial charge in [0.15, 0.2) is 0 Å². The van der Waals surface area contributed by atoms with Crippen molar-refractivity contribution in [2.24, 2.45) is 5.73 Å². The molecule has 0 bridgehead atoms. The standard InChI is InChI=1S/C13H18N2O4/c1-8(7-18-2)19-10-4-3-9-5-11(14)13(16)15(17)12(9)6-10/h3-4,6,8,11,17H,5,7,14H2,1-2H3/t8-,11+/m0/s1. The number of nitrogens with two attached hydrogens (primary N) is 1. The molecule has 0 aromatic heterocycles. The molecule has 1 aromatic carbocycles. The number of amides is 1. The monoisotopic (exact) mass is 266 g/mol. The third-order valence-corrected chi connectivity index (χ3v) is 2.99. The second kappa shape index (κ2) is 5.56. The van der Waals surface area contributed by atoms with Gasteiger partial charge >= 0.3 is 0 Å². The summed E-state index contributed by atoms with van der Waals surface area (Å²) in [5.74, 6) is 0.0696. The van der Waals surface area contributed by atoms with Crippen LogP contribution in [0.1, 0.15) is 12.5 Å². The Morgan fingerprint density at radius 3 is 3.00 bits per heavy atom. The number of hydrogen-bond donors (Lipinski definition) is 2. The summed E-state index contributed by atoms with van der Waals surface area (Å²) in [7, 11) is 1.60. The lowest BCUT2D eigenvalue weighted by molar-refractivity contribution is -0.125. The fraction of sp³-hybridized carbons (Fsp3) is 0.462. The summed E-state index contributed by atoms with van der Waals surface area (Å²) in [5, 5.41) is 10.4. The molecule has 0 aliphatic carbocycles. The zero-order valence-electron chi connectivity index (χ0n) is 11.0. The van der Waals surface area contributed by atoms with Gasteiger partial charge in [0.1, 0.15) is 11.9 Å². The molecule has 0 unspecified atom stereocenters. The first-order chi connectivity index (χ1) is 9.02. The van der Waals surface area contributed by atoms with E-state index in [2.05, 4.69) is 0 Å². The largest absolute Gasteiger partial charge is 0.488 e. The maximum atomic E-state index is 11.6. The van der Waals surface area contributed by atoms with Crippen LogP contribution < -0.4 is 15.5 Å². The van der Waals surface area contributed by atoms with Gasteiger partial charge in [0.25, 0.3) is 5.91 Å². The Morgan fingerprint density at radius 2 is 2.32 bits per heavy atom. The van der Waals surface area contributed by atoms with Crippen molar-refractivity contribution in [3.63, 3.8) is 0 Å². The van der Waals surface area contributed by atoms with Crippen molar-refractivity contribution >= 4 is 11.6 Å². The molecule has 104 valence electrons. The average molecular weight is 266 g/mol. The molecule has 1 aromatic rings. The van der Waals surface area contributed by atoms with Crippen LogP contribution in [0.4, 0.5) is 5.69 Å². The Balaban J connectivity index is 2.21. The normalized spacial score (nSPS) is 20.1. The molecular weight excluding hydrogens is 248 g/mol. The first-order valence-electron chi connectivity index (χ1n) is 6.10. The molecule has 0 saturated heterocycles. The molecule has 1 aliphatic rings. The van der Waals surface area contributed by atoms with Crippen molar-refractivity contribution in [3.8, 4) is 5.75 Å². The van der Waals surface area contributed by atoms with Gasteiger partial charge in [-0.3, -0.25) is 10.0 Å². The van der Waals surface area contributed by atoms with E-state index in [-0.39, 0.29) is 6.10 Å². The molecule has 19 heavy (non-hydrogen) atoms. The molecule has 6 heteroatoms. The predicted octanol–water partition coefficient (Wildman–Crippen LogP) is 0.706. The first kappa shape index (κ1) is 13.8. The Kier molecular flexibility index (Phi) is 4.04. The van der Waals surface area contributed by atoms with Crippen molar-refractivity contribution in [2.75, 3.05) is 18.8 Å². The summed E-state index contributed by atoms with van der Waals surface area (Å²) < 4.78 is 10.6. The van der Waals surface area contributed by atoms with Crippen LogP contribution in [0.3, 0.4) is 0 Å². The molecule has 6 nitrogen and oxygen atoms in total. The smallest absolute Gasteiger partial charge is 0.267 e. The van der Waals surface area contributed by atoms with Gasteiger partial charge < -0.3 is 15.2 Å². The highest BCUT2D eigenvalue weighted by atomic mass is 16.5. The van der Waals surface area contributed by atoms with E-state index < -0.39 is 11.9 Å². The number of ether oxygens (including phenoxy) is 2. The number of anilines is 1. The molecule has 0 spiro atoms. The molecule has 2 atom stereocenters. The van der Waals surface area contributed by atoms with Gasteiger partial charge in [0, 0.05) is 13.2 Å². The zero-order chi connectivity index (χ0) is 14.0. The van der Waals surface area contributed by atoms with Crippen LogP contribution in [0.25, 0.3) is 0 Å². The second-order valence-electron chi connectivity index (χ2n) is 4.63. The number of fused-ring (bicyclic) bond motifs is 1. The van der Waals surface area contributed by atoms with E-state index >= 15 is 0 Å². The van der Waals surface area contributed by atoms with Crippen molar-refractivity contribution in [1.29, 1.82) is 0 Å². The van der Waals surface area contributed by atoms with Crippen molar-refractivity contribution in [2.45, 2.75) is 25.5 Å². The van der Waals surface area contributed by atoms with Gasteiger partial charge in [0.2, 0.25) is 0 Å². The number of methoxy groups -OCH3 is 1. The van der Waals surface area contributed by atoms with Crippen LogP contribution in [-0.4, -0.2) is 37.0 Å². The first-order valence-corrected chi connectivity index (χ1v) is 6.10. The van der Waals surface area contributed by atoms with Crippen LogP contribution in [0.2, 0.25) is 0 Å². The van der Waals surface area contributed by atoms with E-state index in [0.29, 0.717) is 29.5 Å². The number of rotatable bonds is 4. The van der Waals surface area contributed by atoms with Gasteiger partial charge in [0.05, 0.1) is 18.3 Å². The van der Waals surface area contributed by atoms with E-state index in [9.17, 15) is 10.0 Å². The lowest BCUT2D eigenvalue weighted by Gasteiger charge is -2.28. The van der Waals surface area contributed by atoms with Gasteiger partial charge in [-0.2, -0.15) is 5.06 Å². The van der Waals surface area contributed by atoms with E-state index in [0.717, 1.165) is 5.56 Å². The topological polar surface area (TPSA) is 85.0 Å². The van der Waals surface area contributed by atoms with Crippen LogP contribution in [0.5, 0.6) is 5.75 Å². The third kappa shape index (κ3) is 2.86. The van der Waals surface area contributed by atoms with Crippen molar-refractivity contribution in [3.05, 3.63) is 23.8 Å². The summed E-state index contributed by atoms with van der Waals surface area (Å²) in [6, 6.07) is 4.53. The van der Waals surface area contributed by atoms with E-state index in [1.165, 1.54) is 0 Å². The Labute approximate surface area is 111 Å². The quantitative estimate of drug-likeness (QED) is 0.784. The highest BCUT2D eigenvalue weighted by Gasteiger charge is 2.30. The molecule has 0 fully saturated rings. The van der Waals surface area contributed by atoms with E-state index in [1.54, 1.807) is 25.3 Å². The summed E-state index contributed by atoms with van der Waals surface area (Å²) in [5.41, 5.74) is 6.89. The summed E-state index contributed by atoms with van der Waals surface area (Å²) in [4.78, 5) is 11.6. The summed E-state index contributed by atoms with van der Waals surface area (Å²) >= 11 is 0. The van der Waals surface area contributed by atoms with Crippen LogP contribution in [0.15, 0.2) is 18.2 Å². The fourth-order valence-electron chi connectivity index (χ4n) is 2.09. The minimum absolute atomic E-state index is 0.114. The highest BCUT2D eigenvalue weighted by molar-refractivity contribution is 5.98. The second-order valence-corrected chi connectivity index (χ2v) is 4.63. The molecule has 3 N–H and O–H groups in total. The fourth-order valence-corrected chi connectivity index (χ4v) is 2.09. The maximum Gasteiger partial charge on any atom is 0.267 e. The van der Waals surface area contributed by atoms with E-state index in [4.69, 9.17) is 15.2 Å². The van der Waals surface area contributed by atoms with Crippen LogP contribution >= 0.6 is 0 Å². The molecule has 0 radical (unpaired) electrons. The zero-order valence-corrected chi connectivity index (χ0v) is 11.0. The van der Waals surface area contributed by atoms with Gasteiger partial charge in [-0.15, -0.1) is 0 Å².